The first-order valence-electron chi connectivity index (χ1n) is 13.2. The molecule has 174 valence electrons. The first-order valence-corrected chi connectivity index (χ1v) is 13.2. The maximum atomic E-state index is 13.9. The summed E-state index contributed by atoms with van der Waals surface area (Å²) in [5, 5.41) is 0. The molecule has 0 radical (unpaired) electrons. The topological polar surface area (TPSA) is 9.23 Å². The third-order valence-electron chi connectivity index (χ3n) is 7.98. The highest BCUT2D eigenvalue weighted by Crippen LogP contribution is 2.37. The summed E-state index contributed by atoms with van der Waals surface area (Å²) in [6.45, 7) is 2.30. The molecule has 0 saturated heterocycles. The van der Waals surface area contributed by atoms with Crippen molar-refractivity contribution in [2.24, 2.45) is 17.8 Å². The fourth-order valence-electron chi connectivity index (χ4n) is 5.74. The predicted octanol–water partition coefficient (Wildman–Crippen LogP) is 9.05. The van der Waals surface area contributed by atoms with E-state index < -0.39 is 0 Å². The highest BCUT2D eigenvalue weighted by molar-refractivity contribution is 5.29. The van der Waals surface area contributed by atoms with Gasteiger partial charge in [-0.25, -0.2) is 4.39 Å². The van der Waals surface area contributed by atoms with Gasteiger partial charge in [0.05, 0.1) is 7.11 Å². The Morgan fingerprint density at radius 1 is 0.871 bits per heavy atom. The predicted molar refractivity (Wildman–Crippen MR) is 130 cm³/mol. The minimum atomic E-state index is -0.247. The molecule has 1 unspecified atom stereocenters. The molecule has 2 aliphatic carbocycles. The number of rotatable bonds is 12. The molecule has 1 aromatic rings. The number of hydrogen-bond donors (Lipinski definition) is 0. The molecule has 1 atom stereocenters. The first-order chi connectivity index (χ1) is 15.2. The van der Waals surface area contributed by atoms with Crippen LogP contribution in [-0.4, -0.2) is 7.11 Å². The van der Waals surface area contributed by atoms with Gasteiger partial charge < -0.3 is 4.74 Å². The van der Waals surface area contributed by atoms with Crippen LogP contribution in [0.2, 0.25) is 0 Å². The zero-order valence-electron chi connectivity index (χ0n) is 20.1. The summed E-state index contributed by atoms with van der Waals surface area (Å²) in [6.07, 6.45) is 24.4. The van der Waals surface area contributed by atoms with Crippen LogP contribution in [0.15, 0.2) is 29.8 Å². The van der Waals surface area contributed by atoms with Gasteiger partial charge in [-0.2, -0.15) is 0 Å². The van der Waals surface area contributed by atoms with Crippen LogP contribution in [0.25, 0.3) is 0 Å². The highest BCUT2D eigenvalue weighted by atomic mass is 19.1. The van der Waals surface area contributed by atoms with E-state index in [2.05, 4.69) is 13.0 Å². The number of methoxy groups -OCH3 is 1. The van der Waals surface area contributed by atoms with Gasteiger partial charge in [0.25, 0.3) is 0 Å². The molecule has 0 aromatic heterocycles. The van der Waals surface area contributed by atoms with Gasteiger partial charge in [0, 0.05) is 0 Å². The van der Waals surface area contributed by atoms with Crippen LogP contribution in [0.1, 0.15) is 109 Å². The number of aryl methyl sites for hydroxylation is 1. The second-order valence-corrected chi connectivity index (χ2v) is 10.3. The van der Waals surface area contributed by atoms with Gasteiger partial charge in [-0.3, -0.25) is 0 Å². The summed E-state index contributed by atoms with van der Waals surface area (Å²) in [5.41, 5.74) is 2.65. The van der Waals surface area contributed by atoms with Gasteiger partial charge in [-0.05, 0) is 74.0 Å². The minimum absolute atomic E-state index is 0.247. The number of ether oxygens (including phenoxy) is 1. The molecule has 1 fully saturated rings. The lowest BCUT2D eigenvalue weighted by molar-refractivity contribution is 0.234. The average Bonchev–Trinajstić information content (AvgIpc) is 2.81. The van der Waals surface area contributed by atoms with Crippen molar-refractivity contribution in [3.8, 4) is 5.75 Å². The summed E-state index contributed by atoms with van der Waals surface area (Å²) >= 11 is 0. The molecule has 0 N–H and O–H groups in total. The summed E-state index contributed by atoms with van der Waals surface area (Å²) < 4.78 is 18.9. The fraction of sp³-hybridized carbons (Fsp3) is 0.724. The van der Waals surface area contributed by atoms with Crippen LogP contribution in [0.5, 0.6) is 5.75 Å². The van der Waals surface area contributed by atoms with Crippen LogP contribution in [0, 0.1) is 23.6 Å². The number of halogens is 1. The lowest BCUT2D eigenvalue weighted by Crippen LogP contribution is -2.16. The number of benzene rings is 1. The Kier molecular flexibility index (Phi) is 10.4. The van der Waals surface area contributed by atoms with E-state index in [0.29, 0.717) is 5.75 Å². The maximum absolute atomic E-state index is 13.9. The van der Waals surface area contributed by atoms with Crippen molar-refractivity contribution in [2.45, 2.75) is 110 Å². The second kappa shape index (κ2) is 13.3. The van der Waals surface area contributed by atoms with E-state index in [1.165, 1.54) is 97.0 Å². The molecule has 0 heterocycles. The van der Waals surface area contributed by atoms with Crippen molar-refractivity contribution in [3.63, 3.8) is 0 Å². The number of unbranched alkanes of at least 4 members (excludes halogenated alkanes) is 3. The number of allylic oxidation sites excluding steroid dienone is 2. The quantitative estimate of drug-likeness (QED) is 0.238. The molecule has 0 spiro atoms. The normalized spacial score (nSPS) is 24.1. The smallest absolute Gasteiger partial charge is 0.165 e. The van der Waals surface area contributed by atoms with Crippen molar-refractivity contribution in [1.29, 1.82) is 0 Å². The summed E-state index contributed by atoms with van der Waals surface area (Å²) in [5.74, 6) is 3.02. The maximum Gasteiger partial charge on any atom is 0.165 e. The zero-order valence-corrected chi connectivity index (χ0v) is 20.1. The largest absolute Gasteiger partial charge is 0.494 e. The molecule has 0 bridgehead atoms. The van der Waals surface area contributed by atoms with E-state index >= 15 is 0 Å². The second-order valence-electron chi connectivity index (χ2n) is 10.3. The van der Waals surface area contributed by atoms with Crippen molar-refractivity contribution in [3.05, 3.63) is 41.2 Å². The molecule has 0 aliphatic heterocycles. The van der Waals surface area contributed by atoms with Gasteiger partial charge in [0.2, 0.25) is 0 Å². The van der Waals surface area contributed by atoms with Gasteiger partial charge in [-0.1, -0.05) is 88.8 Å². The Hall–Kier alpha value is -1.31. The Morgan fingerprint density at radius 3 is 2.26 bits per heavy atom. The molecule has 1 aromatic carbocycles. The molecule has 2 aliphatic rings. The Bertz CT molecular complexity index is 671. The van der Waals surface area contributed by atoms with E-state index in [1.54, 1.807) is 17.7 Å². The van der Waals surface area contributed by atoms with Crippen LogP contribution in [0.4, 0.5) is 4.39 Å². The van der Waals surface area contributed by atoms with E-state index in [9.17, 15) is 4.39 Å². The monoisotopic (exact) mass is 428 g/mol. The fourth-order valence-corrected chi connectivity index (χ4v) is 5.74. The first kappa shape index (κ1) is 24.3. The molecule has 0 amide bonds. The van der Waals surface area contributed by atoms with E-state index in [4.69, 9.17) is 4.74 Å². The van der Waals surface area contributed by atoms with E-state index in [0.717, 1.165) is 36.2 Å². The third kappa shape index (κ3) is 8.28. The van der Waals surface area contributed by atoms with Gasteiger partial charge in [0.15, 0.2) is 11.6 Å². The molecule has 1 saturated carbocycles. The summed E-state index contributed by atoms with van der Waals surface area (Å²) in [7, 11) is 1.52. The van der Waals surface area contributed by atoms with Gasteiger partial charge in [-0.15, -0.1) is 0 Å². The number of hydrogen-bond acceptors (Lipinski definition) is 1. The van der Waals surface area contributed by atoms with Crippen molar-refractivity contribution in [2.75, 3.05) is 7.11 Å². The van der Waals surface area contributed by atoms with Crippen LogP contribution in [-0.2, 0) is 6.42 Å². The lowest BCUT2D eigenvalue weighted by Gasteiger charge is -2.30. The van der Waals surface area contributed by atoms with E-state index in [1.807, 2.05) is 6.07 Å². The molecule has 1 nitrogen and oxygen atoms in total. The summed E-state index contributed by atoms with van der Waals surface area (Å²) in [4.78, 5) is 0. The van der Waals surface area contributed by atoms with Crippen LogP contribution >= 0.6 is 0 Å². The SMILES string of the molecule is CCCCCC[C@H]1CC[C@H](CCC2CC=C(CCc3ccc(OC)c(F)c3)CC2)CC1. The molecular weight excluding hydrogens is 383 g/mol. The Balaban J connectivity index is 1.29. The van der Waals surface area contributed by atoms with Crippen molar-refractivity contribution >= 4 is 0 Å². The van der Waals surface area contributed by atoms with Crippen molar-refractivity contribution < 1.29 is 9.13 Å². The van der Waals surface area contributed by atoms with Crippen molar-refractivity contribution in [1.82, 2.24) is 0 Å². The van der Waals surface area contributed by atoms with Gasteiger partial charge >= 0.3 is 0 Å². The molecule has 2 heteroatoms. The highest BCUT2D eigenvalue weighted by Gasteiger charge is 2.22. The Labute approximate surface area is 190 Å². The van der Waals surface area contributed by atoms with Crippen LogP contribution < -0.4 is 4.74 Å². The zero-order chi connectivity index (χ0) is 21.9. The lowest BCUT2D eigenvalue weighted by atomic mass is 9.76. The van der Waals surface area contributed by atoms with Gasteiger partial charge in [0.1, 0.15) is 0 Å². The minimum Gasteiger partial charge on any atom is -0.494 e. The molecular formula is C29H45FO. The average molecular weight is 429 g/mol. The van der Waals surface area contributed by atoms with E-state index in [-0.39, 0.29) is 5.82 Å². The third-order valence-corrected chi connectivity index (χ3v) is 7.98. The standard InChI is InChI=1S/C29H45FO/c1-3-4-5-6-7-23-8-10-24(11-9-23)12-13-25-14-16-26(17-15-25)18-19-27-20-21-29(31-2)28(30)22-27/h16,20-25H,3-15,17-19H2,1-2H3/t23-,24-,25?. The molecule has 31 heavy (non-hydrogen) atoms. The summed E-state index contributed by atoms with van der Waals surface area (Å²) in [6, 6.07) is 5.37. The Morgan fingerprint density at radius 2 is 1.61 bits per heavy atom. The van der Waals surface area contributed by atoms with Crippen LogP contribution in [0.3, 0.4) is 0 Å². The molecule has 3 rings (SSSR count).